The van der Waals surface area contributed by atoms with Crippen molar-refractivity contribution in [3.05, 3.63) is 24.3 Å². The lowest BCUT2D eigenvalue weighted by Gasteiger charge is -2.45. The molecular weight excluding hydrogens is 238 g/mol. The Kier molecular flexibility index (Phi) is 4.66. The molecular formula is C15H25N3O. The molecule has 0 bridgehead atoms. The van der Waals surface area contributed by atoms with Gasteiger partial charge < -0.3 is 15.0 Å². The summed E-state index contributed by atoms with van der Waals surface area (Å²) in [7, 11) is 5.93. The predicted octanol–water partition coefficient (Wildman–Crippen LogP) is 1.42. The Hall–Kier alpha value is -1.26. The van der Waals surface area contributed by atoms with E-state index in [2.05, 4.69) is 41.2 Å². The van der Waals surface area contributed by atoms with E-state index in [0.717, 1.165) is 25.4 Å². The highest BCUT2D eigenvalue weighted by Crippen LogP contribution is 2.24. The molecule has 1 aromatic rings. The Labute approximate surface area is 116 Å². The van der Waals surface area contributed by atoms with Gasteiger partial charge in [-0.05, 0) is 45.3 Å². The molecule has 2 atom stereocenters. The zero-order valence-corrected chi connectivity index (χ0v) is 12.4. The number of nitrogens with one attached hydrogen (secondary N) is 1. The van der Waals surface area contributed by atoms with E-state index in [9.17, 15) is 0 Å². The molecule has 2 unspecified atom stereocenters. The molecule has 19 heavy (non-hydrogen) atoms. The Bertz CT molecular complexity index is 393. The minimum absolute atomic E-state index is 0.534. The average Bonchev–Trinajstić information content (AvgIpc) is 2.42. The fourth-order valence-corrected chi connectivity index (χ4v) is 2.80. The van der Waals surface area contributed by atoms with Crippen molar-refractivity contribution in [2.75, 3.05) is 45.7 Å². The summed E-state index contributed by atoms with van der Waals surface area (Å²) < 4.78 is 5.22. The highest BCUT2D eigenvalue weighted by Gasteiger charge is 2.28. The number of hydrogen-bond acceptors (Lipinski definition) is 4. The summed E-state index contributed by atoms with van der Waals surface area (Å²) in [5, 5.41) is 3.28. The van der Waals surface area contributed by atoms with Crippen LogP contribution in [0.5, 0.6) is 5.75 Å². The quantitative estimate of drug-likeness (QED) is 0.889. The number of likely N-dealkylation sites (N-methyl/N-ethyl adjacent to an activating group) is 2. The van der Waals surface area contributed by atoms with Gasteiger partial charge >= 0.3 is 0 Å². The van der Waals surface area contributed by atoms with Gasteiger partial charge in [0.15, 0.2) is 0 Å². The van der Waals surface area contributed by atoms with Gasteiger partial charge in [0, 0.05) is 37.4 Å². The Morgan fingerprint density at radius 3 is 2.53 bits per heavy atom. The lowest BCUT2D eigenvalue weighted by molar-refractivity contribution is 0.190. The van der Waals surface area contributed by atoms with Crippen molar-refractivity contribution in [1.29, 1.82) is 0 Å². The largest absolute Gasteiger partial charge is 0.497 e. The monoisotopic (exact) mass is 263 g/mol. The number of piperazine rings is 1. The zero-order valence-electron chi connectivity index (χ0n) is 12.4. The van der Waals surface area contributed by atoms with E-state index in [4.69, 9.17) is 4.74 Å². The second-order valence-corrected chi connectivity index (χ2v) is 5.35. The van der Waals surface area contributed by atoms with Crippen LogP contribution in [0.1, 0.15) is 6.92 Å². The van der Waals surface area contributed by atoms with Crippen LogP contribution >= 0.6 is 0 Å². The SMILES string of the molecule is CNCC1CN(c2ccc(OC)cc2)C(C)CN1C. The fourth-order valence-electron chi connectivity index (χ4n) is 2.80. The van der Waals surface area contributed by atoms with E-state index in [-0.39, 0.29) is 0 Å². The maximum absolute atomic E-state index is 5.22. The van der Waals surface area contributed by atoms with Gasteiger partial charge in [0.05, 0.1) is 7.11 Å². The molecule has 0 saturated carbocycles. The van der Waals surface area contributed by atoms with Crippen LogP contribution in [0.3, 0.4) is 0 Å². The number of nitrogens with zero attached hydrogens (tertiary/aromatic N) is 2. The first kappa shape index (κ1) is 14.2. The van der Waals surface area contributed by atoms with Gasteiger partial charge in [0.25, 0.3) is 0 Å². The van der Waals surface area contributed by atoms with Crippen LogP contribution < -0.4 is 15.0 Å². The van der Waals surface area contributed by atoms with Crippen molar-refractivity contribution in [3.63, 3.8) is 0 Å². The van der Waals surface area contributed by atoms with Gasteiger partial charge in [-0.2, -0.15) is 0 Å². The lowest BCUT2D eigenvalue weighted by Crippen LogP contribution is -2.58. The van der Waals surface area contributed by atoms with Crippen molar-refractivity contribution in [2.45, 2.75) is 19.0 Å². The minimum atomic E-state index is 0.534. The third-order valence-corrected chi connectivity index (χ3v) is 3.96. The first-order valence-electron chi connectivity index (χ1n) is 6.91. The molecule has 1 fully saturated rings. The van der Waals surface area contributed by atoms with Crippen molar-refractivity contribution in [3.8, 4) is 5.75 Å². The fraction of sp³-hybridized carbons (Fsp3) is 0.600. The summed E-state index contributed by atoms with van der Waals surface area (Å²) in [5.74, 6) is 0.914. The highest BCUT2D eigenvalue weighted by molar-refractivity contribution is 5.50. The highest BCUT2D eigenvalue weighted by atomic mass is 16.5. The van der Waals surface area contributed by atoms with Crippen LogP contribution in [0.15, 0.2) is 24.3 Å². The van der Waals surface area contributed by atoms with Gasteiger partial charge in [-0.25, -0.2) is 0 Å². The first-order chi connectivity index (χ1) is 9.15. The molecule has 1 aliphatic rings. The van der Waals surface area contributed by atoms with Crippen molar-refractivity contribution >= 4 is 5.69 Å². The van der Waals surface area contributed by atoms with Crippen LogP contribution in [-0.4, -0.2) is 57.8 Å². The number of anilines is 1. The second-order valence-electron chi connectivity index (χ2n) is 5.35. The van der Waals surface area contributed by atoms with Crippen LogP contribution in [0.25, 0.3) is 0 Å². The second kappa shape index (κ2) is 6.26. The average molecular weight is 263 g/mol. The molecule has 0 aliphatic carbocycles. The van der Waals surface area contributed by atoms with Crippen LogP contribution in [0, 0.1) is 0 Å². The molecule has 2 rings (SSSR count). The van der Waals surface area contributed by atoms with Gasteiger partial charge in [-0.15, -0.1) is 0 Å². The smallest absolute Gasteiger partial charge is 0.119 e. The van der Waals surface area contributed by atoms with Crippen LogP contribution in [-0.2, 0) is 0 Å². The lowest BCUT2D eigenvalue weighted by atomic mass is 10.1. The Balaban J connectivity index is 2.12. The van der Waals surface area contributed by atoms with Gasteiger partial charge in [-0.1, -0.05) is 0 Å². The van der Waals surface area contributed by atoms with Crippen LogP contribution in [0.4, 0.5) is 5.69 Å². The summed E-state index contributed by atoms with van der Waals surface area (Å²) in [6.45, 7) is 5.47. The summed E-state index contributed by atoms with van der Waals surface area (Å²) in [6, 6.07) is 9.46. The van der Waals surface area contributed by atoms with Crippen molar-refractivity contribution < 1.29 is 4.74 Å². The minimum Gasteiger partial charge on any atom is -0.497 e. The Morgan fingerprint density at radius 1 is 1.26 bits per heavy atom. The molecule has 4 nitrogen and oxygen atoms in total. The summed E-state index contributed by atoms with van der Waals surface area (Å²) in [4.78, 5) is 4.93. The normalized spacial score (nSPS) is 24.5. The molecule has 0 amide bonds. The summed E-state index contributed by atoms with van der Waals surface area (Å²) in [6.07, 6.45) is 0. The van der Waals surface area contributed by atoms with Gasteiger partial charge in [0.2, 0.25) is 0 Å². The number of methoxy groups -OCH3 is 1. The summed E-state index contributed by atoms with van der Waals surface area (Å²) in [5.41, 5.74) is 1.28. The topological polar surface area (TPSA) is 27.7 Å². The van der Waals surface area contributed by atoms with Gasteiger partial charge in [0.1, 0.15) is 5.75 Å². The zero-order chi connectivity index (χ0) is 13.8. The van der Waals surface area contributed by atoms with Crippen molar-refractivity contribution in [1.82, 2.24) is 10.2 Å². The van der Waals surface area contributed by atoms with E-state index >= 15 is 0 Å². The molecule has 1 saturated heterocycles. The number of benzene rings is 1. The van der Waals surface area contributed by atoms with E-state index < -0.39 is 0 Å². The van der Waals surface area contributed by atoms with E-state index in [1.165, 1.54) is 5.69 Å². The molecule has 0 spiro atoms. The molecule has 1 aliphatic heterocycles. The molecule has 0 aromatic heterocycles. The van der Waals surface area contributed by atoms with E-state index in [1.807, 2.05) is 19.2 Å². The molecule has 1 N–H and O–H groups in total. The van der Waals surface area contributed by atoms with Crippen LogP contribution in [0.2, 0.25) is 0 Å². The standard InChI is InChI=1S/C15H25N3O/c1-12-10-17(3)14(9-16-2)11-18(12)13-5-7-15(19-4)8-6-13/h5-8,12,14,16H,9-11H2,1-4H3. The summed E-state index contributed by atoms with van der Waals surface area (Å²) >= 11 is 0. The van der Waals surface area contributed by atoms with Crippen molar-refractivity contribution in [2.24, 2.45) is 0 Å². The van der Waals surface area contributed by atoms with Gasteiger partial charge in [-0.3, -0.25) is 4.90 Å². The third kappa shape index (κ3) is 3.19. The Morgan fingerprint density at radius 2 is 1.95 bits per heavy atom. The molecule has 4 heteroatoms. The maximum atomic E-state index is 5.22. The number of hydrogen-bond donors (Lipinski definition) is 1. The molecule has 0 radical (unpaired) electrons. The first-order valence-corrected chi connectivity index (χ1v) is 6.91. The van der Waals surface area contributed by atoms with E-state index in [1.54, 1.807) is 7.11 Å². The van der Waals surface area contributed by atoms with E-state index in [0.29, 0.717) is 12.1 Å². The number of ether oxygens (including phenoxy) is 1. The molecule has 1 aromatic carbocycles. The predicted molar refractivity (Wildman–Crippen MR) is 80.1 cm³/mol. The number of rotatable bonds is 4. The third-order valence-electron chi connectivity index (χ3n) is 3.96. The maximum Gasteiger partial charge on any atom is 0.119 e. The molecule has 106 valence electrons. The molecule has 1 heterocycles.